The van der Waals surface area contributed by atoms with E-state index in [1.807, 2.05) is 6.92 Å². The third-order valence-corrected chi connectivity index (χ3v) is 7.86. The van der Waals surface area contributed by atoms with E-state index in [2.05, 4.69) is 31.3 Å². The number of carbonyl (C=O) groups excluding carboxylic acids is 2. The maximum Gasteiger partial charge on any atom is 0.352 e. The molecule has 184 valence electrons. The average molecular weight is 536 g/mol. The van der Waals surface area contributed by atoms with Gasteiger partial charge in [-0.1, -0.05) is 23.9 Å². The fourth-order valence-corrected chi connectivity index (χ4v) is 6.25. The molecule has 2 amide bonds. The lowest BCUT2D eigenvalue weighted by molar-refractivity contribution is -0.150. The Morgan fingerprint density at radius 3 is 2.69 bits per heavy atom. The third kappa shape index (κ3) is 5.09. The number of thioether (sulfide) groups is 2. The Morgan fingerprint density at radius 2 is 2.09 bits per heavy atom. The number of carboxylic acids is 1. The lowest BCUT2D eigenvalue weighted by atomic mass is 10.0. The monoisotopic (exact) mass is 535 g/mol. The highest BCUT2D eigenvalue weighted by molar-refractivity contribution is 8.01. The normalized spacial score (nSPS) is 21.0. The van der Waals surface area contributed by atoms with Crippen LogP contribution in [0, 0.1) is 0 Å². The standard InChI is InChI=1S/C19H21N9O4S3/c1-7(35-19-24-26-27-25-19)10-6-34-16-12(15(30)28(16)13(10)17(31)32)23-14(29)11(20)8-2-4-9(5-3-8)22-18(21)33/h2-5,7,11-12,16H,6,20H2,1H3,(H,23,29)(H,31,32)(H3,21,22,33)(H,24,25,26,27)/t7?,11?,12?,16-/m0/s1. The molecule has 3 unspecified atom stereocenters. The highest BCUT2D eigenvalue weighted by Crippen LogP contribution is 2.43. The largest absolute Gasteiger partial charge is 0.477 e. The predicted molar refractivity (Wildman–Crippen MR) is 133 cm³/mol. The number of anilines is 1. The molecule has 0 bridgehead atoms. The number of thiocarbonyl (C=S) groups is 1. The lowest BCUT2D eigenvalue weighted by Gasteiger charge is -2.50. The maximum atomic E-state index is 12.9. The van der Waals surface area contributed by atoms with Crippen LogP contribution in [0.4, 0.5) is 5.69 Å². The number of β-lactam (4-membered cyclic amide) rings is 1. The molecule has 1 saturated heterocycles. The number of aromatic nitrogens is 4. The van der Waals surface area contributed by atoms with E-state index in [9.17, 15) is 19.5 Å². The Bertz CT molecular complexity index is 1190. The first-order valence-electron chi connectivity index (χ1n) is 10.2. The van der Waals surface area contributed by atoms with Gasteiger partial charge < -0.3 is 27.2 Å². The van der Waals surface area contributed by atoms with E-state index in [0.29, 0.717) is 27.7 Å². The van der Waals surface area contributed by atoms with Gasteiger partial charge in [-0.3, -0.25) is 14.5 Å². The van der Waals surface area contributed by atoms with Gasteiger partial charge in [-0.25, -0.2) is 9.89 Å². The number of hydrogen-bond acceptors (Lipinski definition) is 10. The molecule has 2 aliphatic heterocycles. The summed E-state index contributed by atoms with van der Waals surface area (Å²) in [5.74, 6) is -1.91. The second-order valence-electron chi connectivity index (χ2n) is 7.63. The van der Waals surface area contributed by atoms with Crippen molar-refractivity contribution >= 4 is 64.3 Å². The lowest BCUT2D eigenvalue weighted by Crippen LogP contribution is -2.71. The van der Waals surface area contributed by atoms with Crippen molar-refractivity contribution < 1.29 is 19.5 Å². The van der Waals surface area contributed by atoms with E-state index < -0.39 is 35.2 Å². The zero-order chi connectivity index (χ0) is 25.3. The molecule has 13 nitrogen and oxygen atoms in total. The van der Waals surface area contributed by atoms with E-state index >= 15 is 0 Å². The zero-order valence-corrected chi connectivity index (χ0v) is 20.6. The van der Waals surface area contributed by atoms with Gasteiger partial charge in [-0.2, -0.15) is 0 Å². The number of carbonyl (C=O) groups is 3. The first kappa shape index (κ1) is 24.9. The summed E-state index contributed by atoms with van der Waals surface area (Å²) < 4.78 is 0. The number of fused-ring (bicyclic) bond motifs is 1. The molecule has 0 saturated carbocycles. The van der Waals surface area contributed by atoms with Crippen LogP contribution in [0.1, 0.15) is 18.5 Å². The molecule has 0 spiro atoms. The van der Waals surface area contributed by atoms with Crippen molar-refractivity contribution in [2.24, 2.45) is 11.5 Å². The van der Waals surface area contributed by atoms with E-state index in [4.69, 9.17) is 23.7 Å². The minimum absolute atomic E-state index is 0.0815. The molecule has 0 aliphatic carbocycles. The molecule has 1 fully saturated rings. The summed E-state index contributed by atoms with van der Waals surface area (Å²) in [6.45, 7) is 1.82. The number of aliphatic carboxylic acids is 1. The molecule has 8 N–H and O–H groups in total. The van der Waals surface area contributed by atoms with Crippen molar-refractivity contribution in [3.05, 3.63) is 41.1 Å². The summed E-state index contributed by atoms with van der Waals surface area (Å²) in [4.78, 5) is 39.0. The second-order valence-corrected chi connectivity index (χ2v) is 10.5. The van der Waals surface area contributed by atoms with E-state index in [-0.39, 0.29) is 16.1 Å². The molecule has 3 heterocycles. The average Bonchev–Trinajstić information content (AvgIpc) is 3.33. The third-order valence-electron chi connectivity index (χ3n) is 5.42. The number of nitrogens with one attached hydrogen (secondary N) is 3. The van der Waals surface area contributed by atoms with Crippen LogP contribution in [-0.4, -0.2) is 75.9 Å². The summed E-state index contributed by atoms with van der Waals surface area (Å²) >= 11 is 7.42. The van der Waals surface area contributed by atoms with Crippen LogP contribution in [0.3, 0.4) is 0 Å². The van der Waals surface area contributed by atoms with E-state index in [1.165, 1.54) is 28.4 Å². The van der Waals surface area contributed by atoms with Crippen LogP contribution in [-0.2, 0) is 14.4 Å². The van der Waals surface area contributed by atoms with Crippen molar-refractivity contribution in [1.29, 1.82) is 0 Å². The molecule has 4 rings (SSSR count). The van der Waals surface area contributed by atoms with E-state index in [1.54, 1.807) is 24.3 Å². The van der Waals surface area contributed by atoms with Crippen molar-refractivity contribution in [3.8, 4) is 0 Å². The van der Waals surface area contributed by atoms with Crippen LogP contribution < -0.4 is 22.1 Å². The molecule has 1 aromatic carbocycles. The number of hydrogen-bond donors (Lipinski definition) is 6. The fourth-order valence-electron chi connectivity index (χ4n) is 3.70. The van der Waals surface area contributed by atoms with Crippen LogP contribution in [0.5, 0.6) is 0 Å². The summed E-state index contributed by atoms with van der Waals surface area (Å²) in [5.41, 5.74) is 13.2. The van der Waals surface area contributed by atoms with E-state index in [0.717, 1.165) is 0 Å². The van der Waals surface area contributed by atoms with Crippen LogP contribution in [0.15, 0.2) is 40.7 Å². The molecule has 0 radical (unpaired) electrons. The van der Waals surface area contributed by atoms with Crippen LogP contribution >= 0.6 is 35.7 Å². The van der Waals surface area contributed by atoms with Gasteiger partial charge in [-0.05, 0) is 52.8 Å². The number of amides is 2. The molecule has 2 aromatic rings. The van der Waals surface area contributed by atoms with Crippen molar-refractivity contribution in [1.82, 2.24) is 30.8 Å². The van der Waals surface area contributed by atoms with Gasteiger partial charge in [0, 0.05) is 16.7 Å². The molecule has 2 aliphatic rings. The van der Waals surface area contributed by atoms with Crippen molar-refractivity contribution in [2.75, 3.05) is 11.1 Å². The number of H-pyrrole nitrogens is 1. The first-order valence-corrected chi connectivity index (χ1v) is 12.5. The predicted octanol–water partition coefficient (Wildman–Crippen LogP) is -0.226. The number of aromatic amines is 1. The fraction of sp³-hybridized carbons (Fsp3) is 0.316. The van der Waals surface area contributed by atoms with Crippen molar-refractivity contribution in [3.63, 3.8) is 0 Å². The topological polar surface area (TPSA) is 205 Å². The van der Waals surface area contributed by atoms with Gasteiger partial charge in [0.25, 0.3) is 5.91 Å². The van der Waals surface area contributed by atoms with Gasteiger partial charge in [0.1, 0.15) is 23.2 Å². The van der Waals surface area contributed by atoms with Gasteiger partial charge in [0.2, 0.25) is 11.1 Å². The molecule has 1 aromatic heterocycles. The number of nitrogens with two attached hydrogens (primary N) is 2. The Labute approximate surface area is 212 Å². The summed E-state index contributed by atoms with van der Waals surface area (Å²) in [6.07, 6.45) is 0. The van der Waals surface area contributed by atoms with Crippen molar-refractivity contribution in [2.45, 2.75) is 34.8 Å². The quantitative estimate of drug-likeness (QED) is 0.147. The Morgan fingerprint density at radius 1 is 1.37 bits per heavy atom. The zero-order valence-electron chi connectivity index (χ0n) is 18.2. The number of tetrazole rings is 1. The first-order chi connectivity index (χ1) is 16.7. The molecular weight excluding hydrogens is 514 g/mol. The van der Waals surface area contributed by atoms with Crippen LogP contribution in [0.2, 0.25) is 0 Å². The SMILES string of the molecule is CC(Sc1nnn[nH]1)C1=C(C(=O)O)N2C(=O)C(NC(=O)C(N)c3ccc(NC(N)=S)cc3)[C@@H]2SC1. The molecule has 35 heavy (non-hydrogen) atoms. The Balaban J connectivity index is 1.44. The number of nitrogens with zero attached hydrogens (tertiary/aromatic N) is 4. The highest BCUT2D eigenvalue weighted by atomic mass is 32.2. The molecule has 4 atom stereocenters. The molecular formula is C19H21N9O4S3. The van der Waals surface area contributed by atoms with Crippen LogP contribution in [0.25, 0.3) is 0 Å². The van der Waals surface area contributed by atoms with Gasteiger partial charge in [0.05, 0.1) is 0 Å². The summed E-state index contributed by atoms with van der Waals surface area (Å²) in [7, 11) is 0. The van der Waals surface area contributed by atoms with Gasteiger partial charge in [-0.15, -0.1) is 16.9 Å². The minimum atomic E-state index is -1.21. The van der Waals surface area contributed by atoms with Gasteiger partial charge in [0.15, 0.2) is 5.11 Å². The molecule has 16 heteroatoms. The number of carboxylic acid groups (broad SMARTS) is 1. The smallest absolute Gasteiger partial charge is 0.352 e. The summed E-state index contributed by atoms with van der Waals surface area (Å²) in [5, 5.41) is 28.4. The highest BCUT2D eigenvalue weighted by Gasteiger charge is 2.54. The summed E-state index contributed by atoms with van der Waals surface area (Å²) in [6, 6.07) is 4.74. The number of rotatable bonds is 8. The Kier molecular flexibility index (Phi) is 7.25. The second kappa shape index (κ2) is 10.2. The number of benzene rings is 1. The minimum Gasteiger partial charge on any atom is -0.477 e. The Hall–Kier alpha value is -3.21. The maximum absolute atomic E-state index is 12.9. The van der Waals surface area contributed by atoms with Gasteiger partial charge >= 0.3 is 5.97 Å².